The van der Waals surface area contributed by atoms with Crippen LogP contribution in [0.2, 0.25) is 0 Å². The molecule has 0 aliphatic heterocycles. The van der Waals surface area contributed by atoms with Gasteiger partial charge in [0, 0.05) is 19.5 Å². The summed E-state index contributed by atoms with van der Waals surface area (Å²) < 4.78 is 0. The largest absolute Gasteiger partial charge is 0.120 e. The monoisotopic (exact) mass is 555 g/mol. The van der Waals surface area contributed by atoms with Crippen LogP contribution in [-0.4, -0.2) is 35.0 Å². The summed E-state index contributed by atoms with van der Waals surface area (Å²) in [4.78, 5) is 7.25. The topological polar surface area (TPSA) is 39.4 Å². The van der Waals surface area contributed by atoms with Gasteiger partial charge in [-0.15, -0.1) is 4.91 Å². The number of hydrogen-bond acceptors (Lipinski definition) is 1. The molecular weight excluding hydrogens is 507 g/mol. The van der Waals surface area contributed by atoms with Gasteiger partial charge in [0.2, 0.25) is 0 Å². The molecule has 4 fully saturated rings. The molecule has 4 aliphatic rings. The second kappa shape index (κ2) is 16.7. The fraction of sp³-hybridized carbons (Fsp3) is 1.00. The summed E-state index contributed by atoms with van der Waals surface area (Å²) >= 11 is 0. The second-order valence-electron chi connectivity index (χ2n) is 10.6. The number of rotatable bonds is 7. The summed E-state index contributed by atoms with van der Waals surface area (Å²) in [5.41, 5.74) is 10.5. The molecule has 4 aliphatic carbocycles. The Balaban J connectivity index is 0.00000111. The van der Waals surface area contributed by atoms with E-state index in [0.29, 0.717) is 15.8 Å². The van der Waals surface area contributed by atoms with Crippen molar-refractivity contribution in [2.45, 2.75) is 151 Å². The zero-order valence-electron chi connectivity index (χ0n) is 19.9. The summed E-state index contributed by atoms with van der Waals surface area (Å²) in [6, 6.07) is 0. The maximum atomic E-state index is 7.25. The summed E-state index contributed by atoms with van der Waals surface area (Å²) in [5, 5.41) is 0. The number of hydrogen-bond donors (Lipinski definition) is 0. The Bertz CT molecular complexity index is 369. The van der Waals surface area contributed by atoms with Crippen molar-refractivity contribution in [1.82, 2.24) is 5.59 Å². The fourth-order valence-corrected chi connectivity index (χ4v) is 15.8. The van der Waals surface area contributed by atoms with Crippen LogP contribution < -0.4 is 5.59 Å². The maximum absolute atomic E-state index is 7.25. The summed E-state index contributed by atoms with van der Waals surface area (Å²) in [5.74, 6) is 0. The molecule has 0 unspecified atom stereocenters. The molecule has 0 bridgehead atoms. The van der Waals surface area contributed by atoms with Crippen LogP contribution in [-0.2, 0) is 19.5 Å². The van der Waals surface area contributed by atoms with E-state index in [1.54, 1.807) is 141 Å². The first-order valence-corrected chi connectivity index (χ1v) is 16.9. The Kier molecular flexibility index (Phi) is 15.2. The van der Waals surface area contributed by atoms with E-state index in [1.165, 1.54) is 22.6 Å². The van der Waals surface area contributed by atoms with Gasteiger partial charge in [-0.25, -0.2) is 0 Å². The van der Waals surface area contributed by atoms with E-state index in [9.17, 15) is 0 Å². The second-order valence-corrected chi connectivity index (χ2v) is 16.5. The maximum Gasteiger partial charge on any atom is 0.120 e. The Morgan fingerprint density at radius 3 is 0.806 bits per heavy atom. The van der Waals surface area contributed by atoms with E-state index in [0.717, 1.165) is 0 Å². The van der Waals surface area contributed by atoms with Crippen molar-refractivity contribution in [2.75, 3.05) is 12.3 Å². The minimum absolute atomic E-state index is 0. The van der Waals surface area contributed by atoms with Gasteiger partial charge in [0.1, 0.15) is 5.59 Å². The van der Waals surface area contributed by atoms with Crippen molar-refractivity contribution < 1.29 is 19.5 Å². The Labute approximate surface area is 208 Å². The number of nitrogens with zero attached hydrogens (tertiary/aromatic N) is 1. The molecule has 0 aromatic heterocycles. The average Bonchev–Trinajstić information content (AvgIpc) is 2.85. The first-order chi connectivity index (χ1) is 14.9. The molecule has 0 amide bonds. The quantitative estimate of drug-likeness (QED) is 0.229. The van der Waals surface area contributed by atoms with Gasteiger partial charge in [0.25, 0.3) is 0 Å². The van der Waals surface area contributed by atoms with E-state index >= 15 is 0 Å². The first-order valence-electron chi connectivity index (χ1n) is 13.6. The molecule has 4 saturated carbocycles. The van der Waals surface area contributed by atoms with Crippen LogP contribution in [0.15, 0.2) is 0 Å². The third-order valence-corrected chi connectivity index (χ3v) is 16.4. The van der Waals surface area contributed by atoms with Crippen molar-refractivity contribution in [3.05, 3.63) is 4.91 Å². The molecule has 0 aromatic rings. The fourth-order valence-electron chi connectivity index (χ4n) is 7.21. The molecule has 2 radical (unpaired) electrons. The zero-order chi connectivity index (χ0) is 21.0. The van der Waals surface area contributed by atoms with Gasteiger partial charge in [-0.05, 0) is 86.3 Å². The third-order valence-electron chi connectivity index (χ3n) is 8.79. The Morgan fingerprint density at radius 1 is 0.419 bits per heavy atom. The molecule has 0 saturated heterocycles. The normalized spacial score (nSPS) is 25.1. The van der Waals surface area contributed by atoms with Gasteiger partial charge in [-0.3, -0.25) is 0 Å². The molecule has 5 heteroatoms. The van der Waals surface area contributed by atoms with Gasteiger partial charge in [0.05, 0.1) is 0 Å². The summed E-state index contributed by atoms with van der Waals surface area (Å²) in [7, 11) is 0.689. The van der Waals surface area contributed by atoms with E-state index in [4.69, 9.17) is 10.5 Å². The minimum Gasteiger partial charge on any atom is -0.120 e. The Hall–Kier alpha value is 1.08. The van der Waals surface area contributed by atoms with E-state index in [2.05, 4.69) is 0 Å². The molecule has 0 spiro atoms. The molecule has 4 rings (SSSR count). The van der Waals surface area contributed by atoms with Gasteiger partial charge in [0.15, 0.2) is 0 Å². The molecule has 0 heterocycles. The van der Waals surface area contributed by atoms with E-state index in [-0.39, 0.29) is 19.5 Å². The van der Waals surface area contributed by atoms with Gasteiger partial charge < -0.3 is 0 Å². The smallest absolute Gasteiger partial charge is 0.120 e. The molecule has 182 valence electrons. The van der Waals surface area contributed by atoms with Crippen molar-refractivity contribution >= 4 is 15.8 Å². The molecule has 0 atom stereocenters. The SMILES string of the molecule is C1CCC(P(CCP(C2CCCCC2)C2CCCCC2)C2CCCCC2)CC1.[N]=O.[Rh]. The van der Waals surface area contributed by atoms with E-state index < -0.39 is 0 Å². The van der Waals surface area contributed by atoms with Crippen LogP contribution in [0.4, 0.5) is 0 Å². The zero-order valence-corrected chi connectivity index (χ0v) is 23.4. The van der Waals surface area contributed by atoms with Gasteiger partial charge in [-0.1, -0.05) is 92.9 Å². The van der Waals surface area contributed by atoms with Crippen LogP contribution >= 0.6 is 15.8 Å². The third kappa shape index (κ3) is 8.99. The van der Waals surface area contributed by atoms with Crippen LogP contribution in [0, 0.1) is 4.91 Å². The Morgan fingerprint density at radius 2 is 0.613 bits per heavy atom. The van der Waals surface area contributed by atoms with Crippen molar-refractivity contribution in [3.8, 4) is 0 Å². The van der Waals surface area contributed by atoms with Crippen molar-refractivity contribution in [1.29, 1.82) is 0 Å². The first kappa shape index (κ1) is 28.3. The van der Waals surface area contributed by atoms with Crippen molar-refractivity contribution in [2.24, 2.45) is 0 Å². The van der Waals surface area contributed by atoms with E-state index in [1.807, 2.05) is 0 Å². The predicted molar refractivity (Wildman–Crippen MR) is 137 cm³/mol. The summed E-state index contributed by atoms with van der Waals surface area (Å²) in [6.45, 7) is 0. The molecule has 0 aromatic carbocycles. The number of nitroso groups, excluding NO2 is 1. The molecular formula is C26H48NOP2Rh. The van der Waals surface area contributed by atoms with Gasteiger partial charge >= 0.3 is 0 Å². The summed E-state index contributed by atoms with van der Waals surface area (Å²) in [6.07, 6.45) is 35.1. The molecule has 31 heavy (non-hydrogen) atoms. The average molecular weight is 556 g/mol. The van der Waals surface area contributed by atoms with Crippen LogP contribution in [0.1, 0.15) is 128 Å². The molecule has 0 N–H and O–H groups in total. The predicted octanol–water partition coefficient (Wildman–Crippen LogP) is 8.83. The standard InChI is InChI=1S/C26H48P2.NO.Rh/c1-5-13-23(14-6-1)27(24-15-7-2-8-16-24)21-22-28(25-17-9-3-10-18-25)26-19-11-4-12-20-26;1-2;/h23-26H,1-22H2;;. The van der Waals surface area contributed by atoms with Crippen LogP contribution in [0.5, 0.6) is 0 Å². The minimum atomic E-state index is 0. The van der Waals surface area contributed by atoms with Gasteiger partial charge in [-0.2, -0.15) is 0 Å². The van der Waals surface area contributed by atoms with Crippen LogP contribution in [0.25, 0.3) is 0 Å². The van der Waals surface area contributed by atoms with Crippen molar-refractivity contribution in [3.63, 3.8) is 0 Å². The molecule has 2 nitrogen and oxygen atoms in total. The van der Waals surface area contributed by atoms with Crippen LogP contribution in [0.3, 0.4) is 0 Å².